The minimum absolute atomic E-state index is 0.417. The molecule has 1 aliphatic rings. The highest BCUT2D eigenvalue weighted by molar-refractivity contribution is 8.00. The summed E-state index contributed by atoms with van der Waals surface area (Å²) in [7, 11) is 0. The van der Waals surface area contributed by atoms with Gasteiger partial charge >= 0.3 is 0 Å². The molecule has 4 heteroatoms. The quantitative estimate of drug-likeness (QED) is 0.916. The number of nitrogens with zero attached hydrogens (tertiary/aromatic N) is 1. The Kier molecular flexibility index (Phi) is 4.53. The van der Waals surface area contributed by atoms with Crippen molar-refractivity contribution >= 4 is 23.1 Å². The Labute approximate surface area is 113 Å². The van der Waals surface area contributed by atoms with Crippen molar-refractivity contribution in [2.45, 2.75) is 37.3 Å². The predicted molar refractivity (Wildman–Crippen MR) is 78.9 cm³/mol. The average Bonchev–Trinajstić information content (AvgIpc) is 2.65. The first-order valence-corrected chi connectivity index (χ1v) is 8.07. The number of nitrogens with two attached hydrogens (primary N) is 1. The van der Waals surface area contributed by atoms with Crippen molar-refractivity contribution in [1.29, 1.82) is 0 Å². The monoisotopic (exact) mass is 270 g/mol. The van der Waals surface area contributed by atoms with Crippen LogP contribution in [0.1, 0.15) is 30.3 Å². The molecule has 1 aliphatic heterocycles. The van der Waals surface area contributed by atoms with Crippen LogP contribution in [0.15, 0.2) is 11.4 Å². The van der Waals surface area contributed by atoms with Crippen LogP contribution in [-0.4, -0.2) is 35.0 Å². The zero-order chi connectivity index (χ0) is 12.4. The van der Waals surface area contributed by atoms with Crippen LogP contribution in [0.3, 0.4) is 0 Å². The Bertz CT molecular complexity index is 354. The first kappa shape index (κ1) is 13.4. The molecule has 1 saturated heterocycles. The van der Waals surface area contributed by atoms with Gasteiger partial charge < -0.3 is 5.73 Å². The lowest BCUT2D eigenvalue weighted by molar-refractivity contribution is 0.201. The van der Waals surface area contributed by atoms with Gasteiger partial charge in [0.1, 0.15) is 0 Å². The number of hydrogen-bond donors (Lipinski definition) is 1. The van der Waals surface area contributed by atoms with E-state index in [0.717, 1.165) is 19.6 Å². The van der Waals surface area contributed by atoms with Gasteiger partial charge in [-0.25, -0.2) is 0 Å². The molecule has 3 unspecified atom stereocenters. The third-order valence-corrected chi connectivity index (χ3v) is 5.66. The molecule has 1 fully saturated rings. The molecule has 17 heavy (non-hydrogen) atoms. The van der Waals surface area contributed by atoms with E-state index in [-0.39, 0.29) is 0 Å². The number of hydrogen-bond acceptors (Lipinski definition) is 4. The standard InChI is InChI=1S/C13H22N2S2/c1-9-4-5-16-13(9)12(6-14)15-7-10(2)17-11(3)8-15/h4-5,10-12H,6-8,14H2,1-3H3. The zero-order valence-electron chi connectivity index (χ0n) is 10.8. The molecule has 1 aromatic rings. The maximum absolute atomic E-state index is 6.01. The molecule has 2 N–H and O–H groups in total. The number of aryl methyl sites for hydroxylation is 1. The second-order valence-corrected chi connectivity index (χ2v) is 7.76. The van der Waals surface area contributed by atoms with Gasteiger partial charge in [-0.15, -0.1) is 11.3 Å². The molecule has 0 aromatic carbocycles. The largest absolute Gasteiger partial charge is 0.329 e. The van der Waals surface area contributed by atoms with Crippen LogP contribution in [-0.2, 0) is 0 Å². The topological polar surface area (TPSA) is 29.3 Å². The van der Waals surface area contributed by atoms with E-state index in [4.69, 9.17) is 5.73 Å². The molecule has 2 rings (SSSR count). The first-order chi connectivity index (χ1) is 8.11. The molecule has 0 aliphatic carbocycles. The summed E-state index contributed by atoms with van der Waals surface area (Å²) in [5.41, 5.74) is 7.41. The first-order valence-electron chi connectivity index (χ1n) is 6.25. The highest BCUT2D eigenvalue weighted by Gasteiger charge is 2.29. The summed E-state index contributed by atoms with van der Waals surface area (Å²) in [6, 6.07) is 2.62. The molecule has 3 atom stereocenters. The Morgan fingerprint density at radius 1 is 1.41 bits per heavy atom. The smallest absolute Gasteiger partial charge is 0.0567 e. The molecule has 0 saturated carbocycles. The lowest BCUT2D eigenvalue weighted by Gasteiger charge is -2.39. The van der Waals surface area contributed by atoms with E-state index in [1.54, 1.807) is 0 Å². The molecule has 0 radical (unpaired) electrons. The van der Waals surface area contributed by atoms with E-state index in [9.17, 15) is 0 Å². The van der Waals surface area contributed by atoms with Crippen LogP contribution in [0.4, 0.5) is 0 Å². The van der Waals surface area contributed by atoms with E-state index in [1.165, 1.54) is 10.4 Å². The van der Waals surface area contributed by atoms with Crippen molar-refractivity contribution in [3.05, 3.63) is 21.9 Å². The van der Waals surface area contributed by atoms with Gasteiger partial charge in [-0.3, -0.25) is 4.90 Å². The van der Waals surface area contributed by atoms with Crippen molar-refractivity contribution in [3.63, 3.8) is 0 Å². The molecule has 2 heterocycles. The fourth-order valence-electron chi connectivity index (χ4n) is 2.62. The molecule has 1 aromatic heterocycles. The number of thiophene rings is 1. The van der Waals surface area contributed by atoms with Crippen LogP contribution in [0.25, 0.3) is 0 Å². The highest BCUT2D eigenvalue weighted by Crippen LogP contribution is 2.33. The molecule has 0 amide bonds. The van der Waals surface area contributed by atoms with Gasteiger partial charge in [-0.2, -0.15) is 11.8 Å². The molecule has 0 bridgehead atoms. The summed E-state index contributed by atoms with van der Waals surface area (Å²) < 4.78 is 0. The van der Waals surface area contributed by atoms with E-state index < -0.39 is 0 Å². The summed E-state index contributed by atoms with van der Waals surface area (Å²) in [5, 5.41) is 3.61. The van der Waals surface area contributed by atoms with E-state index >= 15 is 0 Å². The van der Waals surface area contributed by atoms with Crippen LogP contribution < -0.4 is 5.73 Å². The summed E-state index contributed by atoms with van der Waals surface area (Å²) >= 11 is 3.95. The maximum Gasteiger partial charge on any atom is 0.0567 e. The Morgan fingerprint density at radius 3 is 2.53 bits per heavy atom. The van der Waals surface area contributed by atoms with Crippen LogP contribution >= 0.6 is 23.1 Å². The molecule has 96 valence electrons. The van der Waals surface area contributed by atoms with E-state index in [0.29, 0.717) is 16.5 Å². The fourth-order valence-corrected chi connectivity index (χ4v) is 5.04. The molecule has 2 nitrogen and oxygen atoms in total. The van der Waals surface area contributed by atoms with Crippen LogP contribution in [0.5, 0.6) is 0 Å². The Balaban J connectivity index is 2.15. The van der Waals surface area contributed by atoms with Crippen LogP contribution in [0, 0.1) is 6.92 Å². The normalized spacial score (nSPS) is 28.2. The summed E-state index contributed by atoms with van der Waals surface area (Å²) in [6.45, 7) is 9.89. The van der Waals surface area contributed by atoms with Crippen LogP contribution in [0.2, 0.25) is 0 Å². The van der Waals surface area contributed by atoms with Gasteiger partial charge in [0.05, 0.1) is 6.04 Å². The second kappa shape index (κ2) is 5.74. The second-order valence-electron chi connectivity index (χ2n) is 4.93. The minimum atomic E-state index is 0.417. The Morgan fingerprint density at radius 2 is 2.06 bits per heavy atom. The van der Waals surface area contributed by atoms with Gasteiger partial charge in [0, 0.05) is 35.0 Å². The summed E-state index contributed by atoms with van der Waals surface area (Å²) in [4.78, 5) is 4.03. The minimum Gasteiger partial charge on any atom is -0.329 e. The number of thioether (sulfide) groups is 1. The molecule has 0 spiro atoms. The zero-order valence-corrected chi connectivity index (χ0v) is 12.5. The lowest BCUT2D eigenvalue weighted by atomic mass is 10.1. The maximum atomic E-state index is 6.01. The van der Waals surface area contributed by atoms with Gasteiger partial charge in [-0.1, -0.05) is 13.8 Å². The van der Waals surface area contributed by atoms with Gasteiger partial charge in [0.25, 0.3) is 0 Å². The van der Waals surface area contributed by atoms with Crippen molar-refractivity contribution in [2.75, 3.05) is 19.6 Å². The highest BCUT2D eigenvalue weighted by atomic mass is 32.2. The van der Waals surface area contributed by atoms with Crippen molar-refractivity contribution in [1.82, 2.24) is 4.90 Å². The van der Waals surface area contributed by atoms with Crippen molar-refractivity contribution < 1.29 is 0 Å². The van der Waals surface area contributed by atoms with Crippen molar-refractivity contribution in [2.24, 2.45) is 5.73 Å². The molecular weight excluding hydrogens is 248 g/mol. The van der Waals surface area contributed by atoms with E-state index in [2.05, 4.69) is 48.9 Å². The number of rotatable bonds is 3. The van der Waals surface area contributed by atoms with Gasteiger partial charge in [0.2, 0.25) is 0 Å². The SMILES string of the molecule is Cc1ccsc1C(CN)N1CC(C)SC(C)C1. The lowest BCUT2D eigenvalue weighted by Crippen LogP contribution is -2.44. The summed E-state index contributed by atoms with van der Waals surface area (Å²) in [5.74, 6) is 0. The van der Waals surface area contributed by atoms with Crippen molar-refractivity contribution in [3.8, 4) is 0 Å². The Hall–Kier alpha value is -0.0300. The predicted octanol–water partition coefficient (Wildman–Crippen LogP) is 2.88. The average molecular weight is 270 g/mol. The van der Waals surface area contributed by atoms with E-state index in [1.807, 2.05) is 11.3 Å². The molecular formula is C13H22N2S2. The summed E-state index contributed by atoms with van der Waals surface area (Å²) in [6.07, 6.45) is 0. The third kappa shape index (κ3) is 3.05. The fraction of sp³-hybridized carbons (Fsp3) is 0.692. The van der Waals surface area contributed by atoms with Gasteiger partial charge in [0.15, 0.2) is 0 Å². The van der Waals surface area contributed by atoms with Gasteiger partial charge in [-0.05, 0) is 23.9 Å². The third-order valence-electron chi connectivity index (χ3n) is 3.32.